The number of nitrogens with zero attached hydrogens (tertiary/aromatic N) is 3. The Bertz CT molecular complexity index is 1110. The van der Waals surface area contributed by atoms with Crippen LogP contribution in [0.1, 0.15) is 24.9 Å². The van der Waals surface area contributed by atoms with Gasteiger partial charge in [0.1, 0.15) is 0 Å². The largest absolute Gasteiger partial charge is 0.465 e. The Balaban J connectivity index is 1.92. The van der Waals surface area contributed by atoms with E-state index in [1.165, 1.54) is 0 Å². The maximum atomic E-state index is 13.7. The number of carbonyl (C=O) groups excluding carboxylic acids is 2. The van der Waals surface area contributed by atoms with Gasteiger partial charge in [-0.15, -0.1) is 11.8 Å². The molecule has 0 aliphatic carbocycles. The summed E-state index contributed by atoms with van der Waals surface area (Å²) in [5.41, 5.74) is 2.53. The van der Waals surface area contributed by atoms with Crippen LogP contribution in [0.3, 0.4) is 0 Å². The SMILES string of the molecule is CCOC(=O)C1C(=O)N(CCCOC)c2nc3ccccc3n2C1c1ccc(SC)cc1. The fourth-order valence-electron chi connectivity index (χ4n) is 4.23. The first-order chi connectivity index (χ1) is 15.6. The maximum absolute atomic E-state index is 13.7. The molecule has 4 rings (SSSR count). The quantitative estimate of drug-likeness (QED) is 0.223. The van der Waals surface area contributed by atoms with Crippen LogP contribution in [0.4, 0.5) is 5.95 Å². The van der Waals surface area contributed by atoms with Crippen molar-refractivity contribution in [1.29, 1.82) is 0 Å². The van der Waals surface area contributed by atoms with Gasteiger partial charge in [-0.25, -0.2) is 4.98 Å². The molecule has 1 aliphatic rings. The normalized spacial score (nSPS) is 18.1. The molecule has 2 heterocycles. The number of anilines is 1. The number of fused-ring (bicyclic) bond motifs is 3. The van der Waals surface area contributed by atoms with Gasteiger partial charge < -0.3 is 14.0 Å². The van der Waals surface area contributed by atoms with Crippen LogP contribution in [-0.2, 0) is 19.1 Å². The van der Waals surface area contributed by atoms with Crippen molar-refractivity contribution in [3.63, 3.8) is 0 Å². The monoisotopic (exact) mass is 453 g/mol. The van der Waals surface area contributed by atoms with Crippen molar-refractivity contribution in [2.75, 3.05) is 38.0 Å². The molecular weight excluding hydrogens is 426 g/mol. The molecule has 2 unspecified atom stereocenters. The third-order valence-electron chi connectivity index (χ3n) is 5.67. The topological polar surface area (TPSA) is 73.7 Å². The van der Waals surface area contributed by atoms with Crippen LogP contribution in [-0.4, -0.2) is 54.6 Å². The summed E-state index contributed by atoms with van der Waals surface area (Å²) in [6, 6.07) is 15.2. The number of ether oxygens (including phenoxy) is 2. The van der Waals surface area contributed by atoms with Gasteiger partial charge in [-0.3, -0.25) is 14.5 Å². The molecule has 0 radical (unpaired) electrons. The highest BCUT2D eigenvalue weighted by Crippen LogP contribution is 2.41. The summed E-state index contributed by atoms with van der Waals surface area (Å²) in [5, 5.41) is 0. The van der Waals surface area contributed by atoms with Gasteiger partial charge in [0.15, 0.2) is 5.92 Å². The van der Waals surface area contributed by atoms with Crippen LogP contribution in [0.2, 0.25) is 0 Å². The third kappa shape index (κ3) is 4.00. The molecule has 1 amide bonds. The van der Waals surface area contributed by atoms with E-state index in [2.05, 4.69) is 0 Å². The molecule has 2 atom stereocenters. The van der Waals surface area contributed by atoms with Crippen molar-refractivity contribution in [2.24, 2.45) is 5.92 Å². The van der Waals surface area contributed by atoms with Crippen LogP contribution >= 0.6 is 11.8 Å². The number of benzene rings is 2. The van der Waals surface area contributed by atoms with Crippen LogP contribution in [0.5, 0.6) is 0 Å². The number of esters is 1. The smallest absolute Gasteiger partial charge is 0.321 e. The zero-order valence-electron chi connectivity index (χ0n) is 18.5. The molecule has 8 heteroatoms. The predicted octanol–water partition coefficient (Wildman–Crippen LogP) is 3.91. The van der Waals surface area contributed by atoms with E-state index in [9.17, 15) is 9.59 Å². The van der Waals surface area contributed by atoms with Crippen molar-refractivity contribution < 1.29 is 19.1 Å². The number of para-hydroxylation sites is 2. The van der Waals surface area contributed by atoms with Crippen molar-refractivity contribution in [3.05, 3.63) is 54.1 Å². The Morgan fingerprint density at radius 1 is 1.16 bits per heavy atom. The number of methoxy groups -OCH3 is 1. The summed E-state index contributed by atoms with van der Waals surface area (Å²) in [6.07, 6.45) is 2.65. The number of aromatic nitrogens is 2. The summed E-state index contributed by atoms with van der Waals surface area (Å²) in [5.74, 6) is -1.26. The Hall–Kier alpha value is -2.84. The van der Waals surface area contributed by atoms with E-state index in [1.807, 2.05) is 59.4 Å². The van der Waals surface area contributed by atoms with Gasteiger partial charge >= 0.3 is 5.97 Å². The highest BCUT2D eigenvalue weighted by atomic mass is 32.2. The Morgan fingerprint density at radius 3 is 2.59 bits per heavy atom. The van der Waals surface area contributed by atoms with Crippen LogP contribution in [0.25, 0.3) is 11.0 Å². The lowest BCUT2D eigenvalue weighted by molar-refractivity contribution is -0.153. The van der Waals surface area contributed by atoms with E-state index in [4.69, 9.17) is 14.5 Å². The van der Waals surface area contributed by atoms with Crippen molar-refractivity contribution in [2.45, 2.75) is 24.3 Å². The van der Waals surface area contributed by atoms with Gasteiger partial charge in [0, 0.05) is 25.2 Å². The summed E-state index contributed by atoms with van der Waals surface area (Å²) in [6.45, 7) is 2.88. The zero-order valence-corrected chi connectivity index (χ0v) is 19.3. The van der Waals surface area contributed by atoms with Crippen LogP contribution < -0.4 is 4.90 Å². The van der Waals surface area contributed by atoms with Gasteiger partial charge in [0.2, 0.25) is 11.9 Å². The fraction of sp³-hybridized carbons (Fsp3) is 0.375. The molecule has 32 heavy (non-hydrogen) atoms. The summed E-state index contributed by atoms with van der Waals surface area (Å²) in [7, 11) is 1.63. The van der Waals surface area contributed by atoms with Gasteiger partial charge in [0.05, 0.1) is 23.7 Å². The Morgan fingerprint density at radius 2 is 1.91 bits per heavy atom. The predicted molar refractivity (Wildman–Crippen MR) is 125 cm³/mol. The summed E-state index contributed by atoms with van der Waals surface area (Å²) < 4.78 is 12.6. The lowest BCUT2D eigenvalue weighted by Crippen LogP contribution is -2.50. The number of rotatable bonds is 8. The number of amides is 1. The second-order valence-corrected chi connectivity index (χ2v) is 8.43. The maximum Gasteiger partial charge on any atom is 0.321 e. The van der Waals surface area contributed by atoms with Crippen molar-refractivity contribution >= 4 is 40.6 Å². The number of thioether (sulfide) groups is 1. The average Bonchev–Trinajstić information content (AvgIpc) is 3.19. The first-order valence-electron chi connectivity index (χ1n) is 10.7. The molecule has 0 saturated heterocycles. The Labute approximate surface area is 191 Å². The molecule has 0 spiro atoms. The minimum Gasteiger partial charge on any atom is -0.465 e. The fourth-order valence-corrected chi connectivity index (χ4v) is 4.64. The summed E-state index contributed by atoms with van der Waals surface area (Å²) in [4.78, 5) is 34.3. The van der Waals surface area contributed by atoms with Gasteiger partial charge in [-0.2, -0.15) is 0 Å². The average molecular weight is 454 g/mol. The van der Waals surface area contributed by atoms with Crippen molar-refractivity contribution in [3.8, 4) is 0 Å². The first kappa shape index (κ1) is 22.4. The minimum absolute atomic E-state index is 0.210. The molecular formula is C24H27N3O4S. The molecule has 3 aromatic rings. The van der Waals surface area contributed by atoms with Crippen LogP contribution in [0.15, 0.2) is 53.4 Å². The van der Waals surface area contributed by atoms with Gasteiger partial charge in [-0.05, 0) is 49.4 Å². The lowest BCUT2D eigenvalue weighted by atomic mass is 9.89. The van der Waals surface area contributed by atoms with Crippen LogP contribution in [0, 0.1) is 5.92 Å². The van der Waals surface area contributed by atoms with E-state index in [-0.39, 0.29) is 12.5 Å². The lowest BCUT2D eigenvalue weighted by Gasteiger charge is -2.38. The number of imidazole rings is 1. The molecule has 2 aromatic carbocycles. The molecule has 1 aliphatic heterocycles. The van der Waals surface area contributed by atoms with E-state index >= 15 is 0 Å². The summed E-state index contributed by atoms with van der Waals surface area (Å²) >= 11 is 1.64. The Kier molecular flexibility index (Phi) is 6.81. The first-order valence-corrected chi connectivity index (χ1v) is 11.9. The number of carbonyl (C=O) groups is 2. The van der Waals surface area contributed by atoms with Gasteiger partial charge in [0.25, 0.3) is 0 Å². The van der Waals surface area contributed by atoms with Gasteiger partial charge in [-0.1, -0.05) is 24.3 Å². The van der Waals surface area contributed by atoms with E-state index in [0.717, 1.165) is 21.5 Å². The third-order valence-corrected chi connectivity index (χ3v) is 6.42. The molecule has 0 bridgehead atoms. The van der Waals surface area contributed by atoms with E-state index in [0.29, 0.717) is 25.5 Å². The highest BCUT2D eigenvalue weighted by molar-refractivity contribution is 7.98. The second-order valence-electron chi connectivity index (χ2n) is 7.55. The molecule has 0 fully saturated rings. The number of hydrogen-bond donors (Lipinski definition) is 0. The number of hydrogen-bond acceptors (Lipinski definition) is 6. The molecule has 1 aromatic heterocycles. The minimum atomic E-state index is -0.997. The van der Waals surface area contributed by atoms with E-state index < -0.39 is 17.9 Å². The second kappa shape index (κ2) is 9.75. The standard InChI is InChI=1S/C24H27N3O4S/c1-4-31-23(29)20-21(16-10-12-17(32-3)13-11-16)27-19-9-6-5-8-18(19)25-24(27)26(22(20)28)14-7-15-30-2/h5-6,8-13,20-21H,4,7,14-15H2,1-3H3. The highest BCUT2D eigenvalue weighted by Gasteiger charge is 2.47. The molecule has 168 valence electrons. The molecule has 0 saturated carbocycles. The van der Waals surface area contributed by atoms with E-state index in [1.54, 1.807) is 30.7 Å². The zero-order chi connectivity index (χ0) is 22.7. The molecule has 7 nitrogen and oxygen atoms in total. The molecule has 0 N–H and O–H groups in total. The van der Waals surface area contributed by atoms with Crippen molar-refractivity contribution in [1.82, 2.24) is 9.55 Å².